The number of methoxy groups -OCH3 is 2. The van der Waals surface area contributed by atoms with Gasteiger partial charge in [0.05, 0.1) is 18.9 Å². The molecule has 4 N–H and O–H groups in total. The maximum Gasteiger partial charge on any atom is 0.210 e. The quantitative estimate of drug-likeness (QED) is 0.0181. The third-order valence-corrected chi connectivity index (χ3v) is 11.7. The van der Waals surface area contributed by atoms with E-state index < -0.39 is 0 Å². The predicted molar refractivity (Wildman–Crippen MR) is 272 cm³/mol. The van der Waals surface area contributed by atoms with E-state index in [2.05, 4.69) is 60.1 Å². The first-order valence-electron chi connectivity index (χ1n) is 26.3. The Labute approximate surface area is 386 Å². The Bertz CT molecular complexity index is 853. The van der Waals surface area contributed by atoms with E-state index >= 15 is 0 Å². The van der Waals surface area contributed by atoms with Gasteiger partial charge in [-0.3, -0.25) is 5.32 Å². The van der Waals surface area contributed by atoms with Gasteiger partial charge < -0.3 is 29.7 Å². The van der Waals surface area contributed by atoms with E-state index in [0.29, 0.717) is 31.7 Å². The van der Waals surface area contributed by atoms with Gasteiger partial charge in [-0.2, -0.15) is 5.10 Å². The monoisotopic (exact) mass is 881 g/mol. The highest BCUT2D eigenvalue weighted by atomic mass is 16.5. The van der Waals surface area contributed by atoms with Crippen LogP contribution in [0.3, 0.4) is 0 Å². The summed E-state index contributed by atoms with van der Waals surface area (Å²) in [6, 6.07) is 0. The first kappa shape index (κ1) is 64.4. The summed E-state index contributed by atoms with van der Waals surface area (Å²) in [5.74, 6) is 0.264. The summed E-state index contributed by atoms with van der Waals surface area (Å²) < 4.78 is 10.9. The molecule has 0 amide bonds. The minimum absolute atomic E-state index is 0.264. The number of nitrogens with zero attached hydrogens (tertiary/aromatic N) is 3. The third kappa shape index (κ3) is 56.1. The molecule has 0 saturated carbocycles. The fourth-order valence-electron chi connectivity index (χ4n) is 7.61. The minimum atomic E-state index is 0.264. The van der Waals surface area contributed by atoms with Gasteiger partial charge in [-0.05, 0) is 84.0 Å². The molecule has 1 unspecified atom stereocenters. The van der Waals surface area contributed by atoms with E-state index in [-0.39, 0.29) is 5.96 Å². The van der Waals surface area contributed by atoms with Gasteiger partial charge in [0.25, 0.3) is 0 Å². The fraction of sp³-hybridized carbons (Fsp3) is 0.923. The molecule has 0 aliphatic heterocycles. The number of hydrazone groups is 1. The number of carbonyl (C=O) groups excluding carboxylic acids is 2. The standard InChI is InChI=1S/C22H44N6O2.C18H38O.C12H26O/c1-24-27-22(23)26-21-25-15-14-18-28(16-10-6-2-4-8-12-19-29)17-11-7-3-5-9-13-20-30;1-4-6-8-10-12-14-16-18(19-3)17-15-13-11-9-7-5-2;1-4-6-7-8-9-10-11-12(5-2)13-3/h19-20,25H,1-18,21H2,(H3,23,26,27);18H,4-17H2,1-3H3;12H,4-11H2,1-3H3. The van der Waals surface area contributed by atoms with Crippen molar-refractivity contribution in [1.82, 2.24) is 15.6 Å². The van der Waals surface area contributed by atoms with Crippen molar-refractivity contribution in [2.45, 2.75) is 265 Å². The number of nitrogens with two attached hydrogens (primary N) is 1. The van der Waals surface area contributed by atoms with Crippen molar-refractivity contribution in [3.05, 3.63) is 0 Å². The van der Waals surface area contributed by atoms with Crippen molar-refractivity contribution in [1.29, 1.82) is 0 Å². The smallest absolute Gasteiger partial charge is 0.210 e. The number of aliphatic imine (C=N–C) groups is 1. The number of hydrogen-bond acceptors (Lipinski definition) is 8. The lowest BCUT2D eigenvalue weighted by molar-refractivity contribution is -0.108. The molecule has 0 aromatic heterocycles. The van der Waals surface area contributed by atoms with Crippen molar-refractivity contribution in [3.8, 4) is 0 Å². The summed E-state index contributed by atoms with van der Waals surface area (Å²) in [7, 11) is 3.71. The molecular weight excluding hydrogens is 773 g/mol. The molecule has 0 aromatic rings. The number of rotatable bonds is 47. The summed E-state index contributed by atoms with van der Waals surface area (Å²) >= 11 is 0. The number of aldehydes is 2. The minimum Gasteiger partial charge on any atom is -0.381 e. The van der Waals surface area contributed by atoms with E-state index in [0.717, 1.165) is 77.3 Å². The lowest BCUT2D eigenvalue weighted by atomic mass is 10.0. The predicted octanol–water partition coefficient (Wildman–Crippen LogP) is 13.5. The molecule has 10 nitrogen and oxygen atoms in total. The van der Waals surface area contributed by atoms with Crippen LogP contribution < -0.4 is 16.5 Å². The number of guanidine groups is 1. The van der Waals surface area contributed by atoms with E-state index in [9.17, 15) is 9.59 Å². The zero-order valence-corrected chi connectivity index (χ0v) is 42.4. The van der Waals surface area contributed by atoms with Crippen molar-refractivity contribution >= 4 is 25.2 Å². The molecule has 0 bridgehead atoms. The molecule has 0 heterocycles. The van der Waals surface area contributed by atoms with Gasteiger partial charge >= 0.3 is 0 Å². The summed E-state index contributed by atoms with van der Waals surface area (Å²) in [6.45, 7) is 17.0. The van der Waals surface area contributed by atoms with Crippen molar-refractivity contribution < 1.29 is 19.1 Å². The number of carbonyl (C=O) groups is 2. The molecule has 0 rings (SSSR count). The Kier molecular flexibility index (Phi) is 61.4. The highest BCUT2D eigenvalue weighted by molar-refractivity contribution is 5.77. The molecule has 0 fully saturated rings. The van der Waals surface area contributed by atoms with Crippen molar-refractivity contribution in [2.75, 3.05) is 47.1 Å². The summed E-state index contributed by atoms with van der Waals surface area (Å²) in [5, 5.41) is 6.73. The molecule has 10 heteroatoms. The van der Waals surface area contributed by atoms with Crippen LogP contribution >= 0.6 is 0 Å². The van der Waals surface area contributed by atoms with Crippen LogP contribution in [0.1, 0.15) is 252 Å². The van der Waals surface area contributed by atoms with Crippen molar-refractivity contribution in [2.24, 2.45) is 15.8 Å². The lowest BCUT2D eigenvalue weighted by Crippen LogP contribution is -2.31. The van der Waals surface area contributed by atoms with Crippen LogP contribution in [0, 0.1) is 0 Å². The van der Waals surface area contributed by atoms with Crippen LogP contribution in [0.5, 0.6) is 0 Å². The fourth-order valence-corrected chi connectivity index (χ4v) is 7.61. The largest absolute Gasteiger partial charge is 0.381 e. The molecule has 370 valence electrons. The molecule has 0 aliphatic carbocycles. The van der Waals surface area contributed by atoms with Gasteiger partial charge in [0.1, 0.15) is 12.6 Å². The molecule has 62 heavy (non-hydrogen) atoms. The Morgan fingerprint density at radius 1 is 0.548 bits per heavy atom. The molecular formula is C52H108N6O4. The summed E-state index contributed by atoms with van der Waals surface area (Å²) in [6.07, 6.45) is 47.2. The SMILES string of the molecule is C=NN/C(N)=N\CNCCCN(CCCCCCCC=O)CCCCCCCC=O.CCCCCCCCC(CC)OC.CCCCCCCCC(CCCCCCCC)OC. The topological polar surface area (TPSA) is 131 Å². The van der Waals surface area contributed by atoms with Gasteiger partial charge in [-0.1, -0.05) is 182 Å². The summed E-state index contributed by atoms with van der Waals surface area (Å²) in [5.41, 5.74) is 8.09. The average Bonchev–Trinajstić information content (AvgIpc) is 3.28. The molecule has 0 spiro atoms. The second-order valence-corrected chi connectivity index (χ2v) is 17.4. The summed E-state index contributed by atoms with van der Waals surface area (Å²) in [4.78, 5) is 27.4. The molecule has 0 aliphatic rings. The Balaban J connectivity index is -0.000000926. The van der Waals surface area contributed by atoms with E-state index in [1.54, 1.807) is 0 Å². The number of ether oxygens (including phenoxy) is 2. The zero-order valence-electron chi connectivity index (χ0n) is 42.4. The Morgan fingerprint density at radius 3 is 1.31 bits per heavy atom. The number of hydrogen-bond donors (Lipinski definition) is 3. The first-order valence-corrected chi connectivity index (χ1v) is 26.3. The van der Waals surface area contributed by atoms with Gasteiger partial charge in [-0.25, -0.2) is 10.4 Å². The maximum atomic E-state index is 10.4. The van der Waals surface area contributed by atoms with Gasteiger partial charge in [0.15, 0.2) is 0 Å². The number of nitrogens with one attached hydrogen (secondary N) is 2. The molecule has 0 radical (unpaired) electrons. The lowest BCUT2D eigenvalue weighted by Gasteiger charge is -2.22. The maximum absolute atomic E-state index is 10.4. The van der Waals surface area contributed by atoms with Gasteiger partial charge in [-0.15, -0.1) is 0 Å². The van der Waals surface area contributed by atoms with Crippen LogP contribution in [-0.2, 0) is 19.1 Å². The molecule has 0 aromatic carbocycles. The average molecular weight is 881 g/mol. The van der Waals surface area contributed by atoms with Gasteiger partial charge in [0, 0.05) is 33.8 Å². The van der Waals surface area contributed by atoms with Crippen molar-refractivity contribution in [3.63, 3.8) is 0 Å². The van der Waals surface area contributed by atoms with Crippen LogP contribution in [0.15, 0.2) is 10.1 Å². The highest BCUT2D eigenvalue weighted by Crippen LogP contribution is 2.16. The second-order valence-electron chi connectivity index (χ2n) is 17.4. The van der Waals surface area contributed by atoms with E-state index in [1.807, 2.05) is 14.2 Å². The Hall–Kier alpha value is -1.88. The third-order valence-electron chi connectivity index (χ3n) is 11.7. The van der Waals surface area contributed by atoms with Crippen LogP contribution in [0.25, 0.3) is 0 Å². The van der Waals surface area contributed by atoms with Crippen LogP contribution in [-0.4, -0.2) is 89.4 Å². The zero-order chi connectivity index (χ0) is 46.3. The number of unbranched alkanes of at least 4 members (excludes halogenated alkanes) is 25. The Morgan fingerprint density at radius 2 is 0.919 bits per heavy atom. The van der Waals surface area contributed by atoms with Crippen LogP contribution in [0.2, 0.25) is 0 Å². The van der Waals surface area contributed by atoms with Gasteiger partial charge in [0.2, 0.25) is 5.96 Å². The first-order chi connectivity index (χ1) is 30.4. The van der Waals surface area contributed by atoms with E-state index in [4.69, 9.17) is 15.2 Å². The molecule has 0 saturated heterocycles. The molecule has 1 atom stereocenters. The van der Waals surface area contributed by atoms with Crippen LogP contribution in [0.4, 0.5) is 0 Å². The normalized spacial score (nSPS) is 11.8. The second kappa shape index (κ2) is 59.1. The highest BCUT2D eigenvalue weighted by Gasteiger charge is 2.07. The van der Waals surface area contributed by atoms with E-state index in [1.165, 1.54) is 173 Å².